The van der Waals surface area contributed by atoms with Crippen molar-refractivity contribution in [3.8, 4) is 0 Å². The predicted molar refractivity (Wildman–Crippen MR) is 71.9 cm³/mol. The van der Waals surface area contributed by atoms with Gasteiger partial charge in [0.05, 0.1) is 5.69 Å². The quantitative estimate of drug-likeness (QED) is 0.906. The highest BCUT2D eigenvalue weighted by atomic mass is 79.9. The van der Waals surface area contributed by atoms with Gasteiger partial charge in [-0.15, -0.1) is 12.4 Å². The summed E-state index contributed by atoms with van der Waals surface area (Å²) in [5.74, 6) is 0. The van der Waals surface area contributed by atoms with E-state index in [0.717, 1.165) is 36.3 Å². The molecule has 5 heteroatoms. The molecular weight excluding hydrogens is 289 g/mol. The summed E-state index contributed by atoms with van der Waals surface area (Å²) in [6, 6.07) is 4.73. The van der Waals surface area contributed by atoms with E-state index in [-0.39, 0.29) is 12.4 Å². The number of rotatable bonds is 2. The van der Waals surface area contributed by atoms with E-state index in [1.807, 2.05) is 6.20 Å². The van der Waals surface area contributed by atoms with Gasteiger partial charge in [-0.3, -0.25) is 9.88 Å². The first kappa shape index (κ1) is 13.9. The van der Waals surface area contributed by atoms with Gasteiger partial charge in [0.25, 0.3) is 0 Å². The number of pyridine rings is 1. The van der Waals surface area contributed by atoms with Gasteiger partial charge in [0.2, 0.25) is 0 Å². The van der Waals surface area contributed by atoms with Crippen LogP contribution in [0.5, 0.6) is 0 Å². The fourth-order valence-corrected chi connectivity index (χ4v) is 2.06. The lowest BCUT2D eigenvalue weighted by Crippen LogP contribution is -2.49. The third-order valence-electron chi connectivity index (χ3n) is 2.79. The summed E-state index contributed by atoms with van der Waals surface area (Å²) in [6.45, 7) is 6.48. The number of nitrogens with zero attached hydrogens (tertiary/aromatic N) is 2. The Bertz CT molecular complexity index is 318. The van der Waals surface area contributed by atoms with E-state index in [0.29, 0.717) is 6.04 Å². The van der Waals surface area contributed by atoms with Crippen LogP contribution >= 0.6 is 28.3 Å². The molecule has 1 atom stereocenters. The lowest BCUT2D eigenvalue weighted by Gasteiger charge is -2.33. The molecule has 2 heterocycles. The van der Waals surface area contributed by atoms with E-state index in [1.54, 1.807) is 0 Å². The van der Waals surface area contributed by atoms with Crippen LogP contribution in [-0.2, 0) is 6.54 Å². The molecule has 0 aliphatic carbocycles. The molecule has 0 spiro atoms. The monoisotopic (exact) mass is 305 g/mol. The van der Waals surface area contributed by atoms with E-state index >= 15 is 0 Å². The summed E-state index contributed by atoms with van der Waals surface area (Å²) >= 11 is 3.40. The van der Waals surface area contributed by atoms with Crippen LogP contribution in [0, 0.1) is 0 Å². The molecule has 1 aliphatic heterocycles. The Balaban J connectivity index is 0.00000128. The molecule has 1 saturated heterocycles. The van der Waals surface area contributed by atoms with Crippen LogP contribution in [0.25, 0.3) is 0 Å². The summed E-state index contributed by atoms with van der Waals surface area (Å²) in [4.78, 5) is 6.86. The van der Waals surface area contributed by atoms with Crippen molar-refractivity contribution in [2.24, 2.45) is 0 Å². The Hall–Kier alpha value is -0.160. The molecule has 0 amide bonds. The smallest absolute Gasteiger partial charge is 0.0544 e. The van der Waals surface area contributed by atoms with Gasteiger partial charge in [-0.1, -0.05) is 0 Å². The fourth-order valence-electron chi connectivity index (χ4n) is 1.83. The highest BCUT2D eigenvalue weighted by Gasteiger charge is 2.17. The third-order valence-corrected chi connectivity index (χ3v) is 3.26. The first-order valence-corrected chi connectivity index (χ1v) is 6.10. The molecule has 2 rings (SSSR count). The van der Waals surface area contributed by atoms with Crippen molar-refractivity contribution in [3.63, 3.8) is 0 Å². The van der Waals surface area contributed by atoms with Crippen LogP contribution in [0.1, 0.15) is 12.6 Å². The molecule has 16 heavy (non-hydrogen) atoms. The first-order valence-electron chi connectivity index (χ1n) is 5.31. The number of hydrogen-bond acceptors (Lipinski definition) is 3. The van der Waals surface area contributed by atoms with E-state index in [2.05, 4.69) is 50.2 Å². The molecule has 0 saturated carbocycles. The molecule has 0 bridgehead atoms. The van der Waals surface area contributed by atoms with Gasteiger partial charge in [0, 0.05) is 42.9 Å². The van der Waals surface area contributed by atoms with Gasteiger partial charge in [-0.2, -0.15) is 0 Å². The van der Waals surface area contributed by atoms with Crippen LogP contribution in [0.3, 0.4) is 0 Å². The normalized spacial score (nSPS) is 21.5. The van der Waals surface area contributed by atoms with Crippen LogP contribution in [0.2, 0.25) is 0 Å². The molecule has 1 N–H and O–H groups in total. The number of hydrogen-bond donors (Lipinski definition) is 1. The van der Waals surface area contributed by atoms with Crippen molar-refractivity contribution in [1.82, 2.24) is 15.2 Å². The maximum atomic E-state index is 4.40. The topological polar surface area (TPSA) is 28.2 Å². The zero-order chi connectivity index (χ0) is 10.7. The SMILES string of the molecule is C[C@@H]1CNCCN1Cc1ccc(Br)cn1.Cl. The lowest BCUT2D eigenvalue weighted by molar-refractivity contribution is 0.164. The maximum absolute atomic E-state index is 4.40. The van der Waals surface area contributed by atoms with Gasteiger partial charge in [0.1, 0.15) is 0 Å². The minimum Gasteiger partial charge on any atom is -0.314 e. The molecule has 1 aromatic rings. The number of aromatic nitrogens is 1. The summed E-state index contributed by atoms with van der Waals surface area (Å²) in [6.07, 6.45) is 1.86. The van der Waals surface area contributed by atoms with E-state index in [4.69, 9.17) is 0 Å². The Labute approximate surface area is 111 Å². The Kier molecular flexibility index (Phi) is 5.69. The van der Waals surface area contributed by atoms with Crippen LogP contribution in [0.15, 0.2) is 22.8 Å². The molecule has 1 aliphatic rings. The highest BCUT2D eigenvalue weighted by Crippen LogP contribution is 2.11. The minimum absolute atomic E-state index is 0. The standard InChI is InChI=1S/C11H16BrN3.ClH/c1-9-6-13-4-5-15(9)8-11-3-2-10(12)7-14-11;/h2-3,7,9,13H,4-6,8H2,1H3;1H/t9-;/m1./s1. The zero-order valence-electron chi connectivity index (χ0n) is 9.32. The molecule has 0 unspecified atom stereocenters. The lowest BCUT2D eigenvalue weighted by atomic mass is 10.2. The fraction of sp³-hybridized carbons (Fsp3) is 0.545. The van der Waals surface area contributed by atoms with Gasteiger partial charge in [-0.25, -0.2) is 0 Å². The van der Waals surface area contributed by atoms with E-state index in [1.165, 1.54) is 0 Å². The van der Waals surface area contributed by atoms with Crippen molar-refractivity contribution >= 4 is 28.3 Å². The van der Waals surface area contributed by atoms with Crippen molar-refractivity contribution in [1.29, 1.82) is 0 Å². The number of nitrogens with one attached hydrogen (secondary N) is 1. The highest BCUT2D eigenvalue weighted by molar-refractivity contribution is 9.10. The largest absolute Gasteiger partial charge is 0.314 e. The Morgan fingerprint density at radius 1 is 1.56 bits per heavy atom. The maximum Gasteiger partial charge on any atom is 0.0544 e. The molecule has 0 radical (unpaired) electrons. The molecule has 1 aromatic heterocycles. The predicted octanol–water partition coefficient (Wildman–Crippen LogP) is 2.06. The second kappa shape index (κ2) is 6.55. The first-order chi connectivity index (χ1) is 7.25. The Morgan fingerprint density at radius 3 is 3.00 bits per heavy atom. The molecular formula is C11H17BrClN3. The van der Waals surface area contributed by atoms with Crippen molar-refractivity contribution < 1.29 is 0 Å². The van der Waals surface area contributed by atoms with Gasteiger partial charge in [0.15, 0.2) is 0 Å². The zero-order valence-corrected chi connectivity index (χ0v) is 11.7. The number of halogens is 2. The van der Waals surface area contributed by atoms with E-state index in [9.17, 15) is 0 Å². The third kappa shape index (κ3) is 3.70. The average Bonchev–Trinajstić information content (AvgIpc) is 2.25. The molecule has 90 valence electrons. The molecule has 0 aromatic carbocycles. The van der Waals surface area contributed by atoms with Gasteiger partial charge in [-0.05, 0) is 35.0 Å². The van der Waals surface area contributed by atoms with Crippen LogP contribution < -0.4 is 5.32 Å². The summed E-state index contributed by atoms with van der Waals surface area (Å²) in [5.41, 5.74) is 1.15. The van der Waals surface area contributed by atoms with Crippen molar-refractivity contribution in [2.75, 3.05) is 19.6 Å². The number of piperazine rings is 1. The van der Waals surface area contributed by atoms with E-state index < -0.39 is 0 Å². The minimum atomic E-state index is 0. The van der Waals surface area contributed by atoms with Crippen LogP contribution in [-0.4, -0.2) is 35.6 Å². The molecule has 1 fully saturated rings. The summed E-state index contributed by atoms with van der Waals surface area (Å²) in [5, 5.41) is 3.39. The van der Waals surface area contributed by atoms with Gasteiger partial charge >= 0.3 is 0 Å². The summed E-state index contributed by atoms with van der Waals surface area (Å²) in [7, 11) is 0. The molecule has 3 nitrogen and oxygen atoms in total. The average molecular weight is 307 g/mol. The second-order valence-corrected chi connectivity index (χ2v) is 4.91. The van der Waals surface area contributed by atoms with Crippen molar-refractivity contribution in [3.05, 3.63) is 28.5 Å². The second-order valence-electron chi connectivity index (χ2n) is 3.99. The van der Waals surface area contributed by atoms with Crippen molar-refractivity contribution in [2.45, 2.75) is 19.5 Å². The summed E-state index contributed by atoms with van der Waals surface area (Å²) < 4.78 is 1.04. The van der Waals surface area contributed by atoms with Gasteiger partial charge < -0.3 is 5.32 Å². The Morgan fingerprint density at radius 2 is 2.38 bits per heavy atom. The van der Waals surface area contributed by atoms with Crippen LogP contribution in [0.4, 0.5) is 0 Å².